The molecule has 0 aliphatic heterocycles. The summed E-state index contributed by atoms with van der Waals surface area (Å²) in [6, 6.07) is 7.35. The van der Waals surface area contributed by atoms with Crippen LogP contribution in [-0.4, -0.2) is 13.1 Å². The maximum atomic E-state index is 13.2. The molecule has 0 fully saturated rings. The molecule has 0 aliphatic carbocycles. The van der Waals surface area contributed by atoms with Crippen LogP contribution in [0.15, 0.2) is 36.4 Å². The first-order valence-corrected chi connectivity index (χ1v) is 6.74. The van der Waals surface area contributed by atoms with Crippen molar-refractivity contribution in [3.05, 3.63) is 57.6 Å². The van der Waals surface area contributed by atoms with Gasteiger partial charge in [0.05, 0.1) is 18.2 Å². The highest BCUT2D eigenvalue weighted by molar-refractivity contribution is 6.31. The molecule has 2 aromatic rings. The van der Waals surface area contributed by atoms with Crippen LogP contribution in [0.2, 0.25) is 10.0 Å². The zero-order valence-corrected chi connectivity index (χ0v) is 12.7. The molecule has 2 nitrogen and oxygen atoms in total. The maximum absolute atomic E-state index is 13.2. The molecule has 0 N–H and O–H groups in total. The first-order valence-electron chi connectivity index (χ1n) is 5.98. The topological polar surface area (TPSA) is 26.3 Å². The van der Waals surface area contributed by atoms with Gasteiger partial charge in [0.2, 0.25) is 0 Å². The molecule has 0 aliphatic rings. The van der Waals surface area contributed by atoms with E-state index in [1.165, 1.54) is 37.4 Å². The van der Waals surface area contributed by atoms with Gasteiger partial charge in [-0.25, -0.2) is 4.79 Å². The van der Waals surface area contributed by atoms with Crippen LogP contribution in [0.1, 0.15) is 15.9 Å². The summed E-state index contributed by atoms with van der Waals surface area (Å²) in [6.45, 7) is 0. The van der Waals surface area contributed by atoms with Gasteiger partial charge in [0.15, 0.2) is 0 Å². The standard InChI is InChI=1S/C15H9Cl2F3O2/c1-22-14(21)9-4-8(5-11(17)6-9)12-3-2-10(16)7-13(12)15(18,19)20/h2-7H,1H3. The normalized spacial score (nSPS) is 11.4. The Labute approximate surface area is 134 Å². The summed E-state index contributed by atoms with van der Waals surface area (Å²) in [5.41, 5.74) is -0.812. The molecule has 0 radical (unpaired) electrons. The molecule has 2 aromatic carbocycles. The maximum Gasteiger partial charge on any atom is 0.417 e. The van der Waals surface area contributed by atoms with E-state index in [0.29, 0.717) is 0 Å². The molecule has 2 rings (SSSR count). The van der Waals surface area contributed by atoms with Gasteiger partial charge in [-0.3, -0.25) is 0 Å². The Morgan fingerprint density at radius 3 is 2.32 bits per heavy atom. The Kier molecular flexibility index (Phi) is 4.68. The van der Waals surface area contributed by atoms with Crippen molar-refractivity contribution in [2.24, 2.45) is 0 Å². The molecule has 0 unspecified atom stereocenters. The van der Waals surface area contributed by atoms with Gasteiger partial charge >= 0.3 is 12.1 Å². The predicted octanol–water partition coefficient (Wildman–Crippen LogP) is 5.47. The van der Waals surface area contributed by atoms with Crippen molar-refractivity contribution < 1.29 is 22.7 Å². The number of carbonyl (C=O) groups excluding carboxylic acids is 1. The zero-order valence-electron chi connectivity index (χ0n) is 11.2. The highest BCUT2D eigenvalue weighted by Crippen LogP contribution is 2.39. The van der Waals surface area contributed by atoms with Crippen molar-refractivity contribution in [1.29, 1.82) is 0 Å². The highest BCUT2D eigenvalue weighted by atomic mass is 35.5. The summed E-state index contributed by atoms with van der Waals surface area (Å²) < 4.78 is 44.0. The van der Waals surface area contributed by atoms with Crippen molar-refractivity contribution in [1.82, 2.24) is 0 Å². The van der Waals surface area contributed by atoms with Crippen LogP contribution >= 0.6 is 23.2 Å². The van der Waals surface area contributed by atoms with Crippen molar-refractivity contribution in [3.63, 3.8) is 0 Å². The van der Waals surface area contributed by atoms with Crippen molar-refractivity contribution in [3.8, 4) is 11.1 Å². The van der Waals surface area contributed by atoms with E-state index in [2.05, 4.69) is 4.74 Å². The molecule has 7 heteroatoms. The van der Waals surface area contributed by atoms with E-state index in [-0.39, 0.29) is 26.7 Å². The summed E-state index contributed by atoms with van der Waals surface area (Å²) in [5, 5.41) is 0.0901. The second kappa shape index (κ2) is 6.18. The van der Waals surface area contributed by atoms with E-state index in [1.54, 1.807) is 0 Å². The molecule has 0 bridgehead atoms. The molecule has 0 saturated carbocycles. The average molecular weight is 349 g/mol. The third kappa shape index (κ3) is 3.54. The lowest BCUT2D eigenvalue weighted by atomic mass is 9.97. The summed E-state index contributed by atoms with van der Waals surface area (Å²) in [7, 11) is 1.17. The van der Waals surface area contributed by atoms with Crippen LogP contribution in [0.25, 0.3) is 11.1 Å². The second-order valence-electron chi connectivity index (χ2n) is 4.41. The number of ether oxygens (including phenoxy) is 1. The number of hydrogen-bond acceptors (Lipinski definition) is 2. The minimum atomic E-state index is -4.59. The fraction of sp³-hybridized carbons (Fsp3) is 0.133. The lowest BCUT2D eigenvalue weighted by molar-refractivity contribution is -0.137. The van der Waals surface area contributed by atoms with E-state index in [1.807, 2.05) is 0 Å². The lowest BCUT2D eigenvalue weighted by Gasteiger charge is -2.14. The lowest BCUT2D eigenvalue weighted by Crippen LogP contribution is -2.08. The quantitative estimate of drug-likeness (QED) is 0.673. The van der Waals surface area contributed by atoms with E-state index in [9.17, 15) is 18.0 Å². The predicted molar refractivity (Wildman–Crippen MR) is 78.2 cm³/mol. The third-order valence-electron chi connectivity index (χ3n) is 2.92. The zero-order chi connectivity index (χ0) is 16.5. The van der Waals surface area contributed by atoms with Crippen molar-refractivity contribution >= 4 is 29.2 Å². The Bertz CT molecular complexity index is 727. The highest BCUT2D eigenvalue weighted by Gasteiger charge is 2.34. The van der Waals surface area contributed by atoms with Gasteiger partial charge < -0.3 is 4.74 Å². The van der Waals surface area contributed by atoms with Gasteiger partial charge in [0, 0.05) is 10.0 Å². The average Bonchev–Trinajstić information content (AvgIpc) is 2.44. The van der Waals surface area contributed by atoms with Crippen molar-refractivity contribution in [2.75, 3.05) is 7.11 Å². The van der Waals surface area contributed by atoms with E-state index in [0.717, 1.165) is 6.07 Å². The molecule has 0 saturated heterocycles. The molecule has 116 valence electrons. The van der Waals surface area contributed by atoms with E-state index >= 15 is 0 Å². The number of carbonyl (C=O) groups is 1. The monoisotopic (exact) mass is 348 g/mol. The van der Waals surface area contributed by atoms with Crippen LogP contribution in [-0.2, 0) is 10.9 Å². The molecule has 0 heterocycles. The first kappa shape index (κ1) is 16.6. The summed E-state index contributed by atoms with van der Waals surface area (Å²) in [5.74, 6) is -0.689. The van der Waals surface area contributed by atoms with Gasteiger partial charge in [0.25, 0.3) is 0 Å². The van der Waals surface area contributed by atoms with Crippen LogP contribution in [0.4, 0.5) is 13.2 Å². The van der Waals surface area contributed by atoms with Crippen LogP contribution in [0, 0.1) is 0 Å². The fourth-order valence-electron chi connectivity index (χ4n) is 1.98. The largest absolute Gasteiger partial charge is 0.465 e. The van der Waals surface area contributed by atoms with E-state index in [4.69, 9.17) is 23.2 Å². The van der Waals surface area contributed by atoms with E-state index < -0.39 is 17.7 Å². The smallest absolute Gasteiger partial charge is 0.417 e. The number of esters is 1. The van der Waals surface area contributed by atoms with Crippen molar-refractivity contribution in [2.45, 2.75) is 6.18 Å². The second-order valence-corrected chi connectivity index (χ2v) is 5.28. The van der Waals surface area contributed by atoms with Gasteiger partial charge in [-0.1, -0.05) is 29.3 Å². The molecular formula is C15H9Cl2F3O2. The Morgan fingerprint density at radius 2 is 1.73 bits per heavy atom. The molecule has 0 aromatic heterocycles. The minimum absolute atomic E-state index is 0.0358. The number of halogens is 5. The molecule has 0 spiro atoms. The summed E-state index contributed by atoms with van der Waals surface area (Å²) in [6.07, 6.45) is -4.59. The summed E-state index contributed by atoms with van der Waals surface area (Å²) in [4.78, 5) is 11.6. The van der Waals surface area contributed by atoms with Gasteiger partial charge in [-0.15, -0.1) is 0 Å². The number of alkyl halides is 3. The minimum Gasteiger partial charge on any atom is -0.465 e. The molecule has 22 heavy (non-hydrogen) atoms. The van der Waals surface area contributed by atoms with Gasteiger partial charge in [0.1, 0.15) is 0 Å². The first-order chi connectivity index (χ1) is 10.2. The number of rotatable bonds is 2. The fourth-order valence-corrected chi connectivity index (χ4v) is 2.39. The molecule has 0 atom stereocenters. The molecule has 0 amide bonds. The Morgan fingerprint density at radius 1 is 1.05 bits per heavy atom. The number of benzene rings is 2. The summed E-state index contributed by atoms with van der Waals surface area (Å²) >= 11 is 11.5. The number of hydrogen-bond donors (Lipinski definition) is 0. The Hall–Kier alpha value is -1.72. The van der Waals surface area contributed by atoms with Crippen LogP contribution in [0.5, 0.6) is 0 Å². The molecular weight excluding hydrogens is 340 g/mol. The van der Waals surface area contributed by atoms with Gasteiger partial charge in [-0.2, -0.15) is 13.2 Å². The third-order valence-corrected chi connectivity index (χ3v) is 3.37. The number of methoxy groups -OCH3 is 1. The van der Waals surface area contributed by atoms with Crippen LogP contribution in [0.3, 0.4) is 0 Å². The Balaban J connectivity index is 2.67. The van der Waals surface area contributed by atoms with Crippen LogP contribution < -0.4 is 0 Å². The van der Waals surface area contributed by atoms with Gasteiger partial charge in [-0.05, 0) is 41.5 Å². The SMILES string of the molecule is COC(=O)c1cc(Cl)cc(-c2ccc(Cl)cc2C(F)(F)F)c1.